The highest BCUT2D eigenvalue weighted by molar-refractivity contribution is 7.80. The molecule has 0 fully saturated rings. The summed E-state index contributed by atoms with van der Waals surface area (Å²) in [6, 6.07) is 7.63. The summed E-state index contributed by atoms with van der Waals surface area (Å²) in [5.74, 6) is 0. The Morgan fingerprint density at radius 2 is 2.00 bits per heavy atom. The van der Waals surface area contributed by atoms with Gasteiger partial charge in [-0.3, -0.25) is 10.3 Å². The van der Waals surface area contributed by atoms with Crippen LogP contribution < -0.4 is 11.0 Å². The van der Waals surface area contributed by atoms with Gasteiger partial charge in [0, 0.05) is 4.90 Å². The van der Waals surface area contributed by atoms with E-state index in [2.05, 4.69) is 23.6 Å². The largest absolute Gasteiger partial charge is 0.299 e. The van der Waals surface area contributed by atoms with E-state index in [4.69, 9.17) is 4.84 Å². The quantitative estimate of drug-likeness (QED) is 0.379. The minimum absolute atomic E-state index is 0.623. The Morgan fingerprint density at radius 3 is 2.58 bits per heavy atom. The van der Waals surface area contributed by atoms with Crippen molar-refractivity contribution in [3.63, 3.8) is 0 Å². The number of rotatable bonds is 4. The molecule has 0 saturated carbocycles. The van der Waals surface area contributed by atoms with Crippen molar-refractivity contribution < 1.29 is 4.84 Å². The van der Waals surface area contributed by atoms with Crippen LogP contribution in [0.1, 0.15) is 6.92 Å². The summed E-state index contributed by atoms with van der Waals surface area (Å²) in [7, 11) is 0. The van der Waals surface area contributed by atoms with Crippen LogP contribution in [0.15, 0.2) is 29.2 Å². The minimum Gasteiger partial charge on any atom is -0.299 e. The van der Waals surface area contributed by atoms with Gasteiger partial charge in [0.2, 0.25) is 0 Å². The van der Waals surface area contributed by atoms with Crippen LogP contribution in [0.25, 0.3) is 0 Å². The van der Waals surface area contributed by atoms with Gasteiger partial charge >= 0.3 is 0 Å². The number of hydrogen-bond acceptors (Lipinski definition) is 4. The van der Waals surface area contributed by atoms with Crippen LogP contribution in [0, 0.1) is 0 Å². The molecule has 12 heavy (non-hydrogen) atoms. The first kappa shape index (κ1) is 9.38. The van der Waals surface area contributed by atoms with E-state index in [1.165, 1.54) is 0 Å². The minimum atomic E-state index is 0.623. The molecule has 1 rings (SSSR count). The number of anilines is 1. The van der Waals surface area contributed by atoms with Crippen molar-refractivity contribution in [2.24, 2.45) is 0 Å². The van der Waals surface area contributed by atoms with Gasteiger partial charge in [0.05, 0.1) is 12.3 Å². The molecule has 0 amide bonds. The highest BCUT2D eigenvalue weighted by Crippen LogP contribution is 2.10. The lowest BCUT2D eigenvalue weighted by atomic mass is 10.3. The highest BCUT2D eigenvalue weighted by atomic mass is 32.1. The Hall–Kier alpha value is -0.710. The number of benzene rings is 1. The molecule has 1 aromatic carbocycles. The topological polar surface area (TPSA) is 33.3 Å². The van der Waals surface area contributed by atoms with E-state index in [9.17, 15) is 0 Å². The molecule has 3 nitrogen and oxygen atoms in total. The molecular weight excluding hydrogens is 172 g/mol. The van der Waals surface area contributed by atoms with Gasteiger partial charge in [-0.05, 0) is 31.2 Å². The van der Waals surface area contributed by atoms with Crippen molar-refractivity contribution in [2.75, 3.05) is 12.0 Å². The first-order valence-electron chi connectivity index (χ1n) is 3.74. The van der Waals surface area contributed by atoms with Crippen LogP contribution in [0.5, 0.6) is 0 Å². The highest BCUT2D eigenvalue weighted by Gasteiger charge is 1.88. The van der Waals surface area contributed by atoms with Crippen LogP contribution in [-0.2, 0) is 4.84 Å². The average Bonchev–Trinajstić information content (AvgIpc) is 2.09. The van der Waals surface area contributed by atoms with Crippen molar-refractivity contribution in [1.29, 1.82) is 0 Å². The lowest BCUT2D eigenvalue weighted by molar-refractivity contribution is 0.0677. The van der Waals surface area contributed by atoms with E-state index >= 15 is 0 Å². The van der Waals surface area contributed by atoms with Gasteiger partial charge in [-0.15, -0.1) is 18.2 Å². The third-order valence-corrected chi connectivity index (χ3v) is 1.58. The molecule has 0 aliphatic heterocycles. The Labute approximate surface area is 77.5 Å². The molecule has 2 N–H and O–H groups in total. The standard InChI is InChI=1S/C8H12N2OS/c1-2-11-10-9-7-3-5-8(12)6-4-7/h3-6,9-10,12H,2H2,1H3. The predicted molar refractivity (Wildman–Crippen MR) is 52.1 cm³/mol. The van der Waals surface area contributed by atoms with Crippen LogP contribution in [-0.4, -0.2) is 6.61 Å². The zero-order chi connectivity index (χ0) is 8.81. The SMILES string of the molecule is CCONNc1ccc(S)cc1. The van der Waals surface area contributed by atoms with Gasteiger partial charge in [0.25, 0.3) is 0 Å². The fraction of sp³-hybridized carbons (Fsp3) is 0.250. The van der Waals surface area contributed by atoms with Crippen LogP contribution in [0.2, 0.25) is 0 Å². The van der Waals surface area contributed by atoms with Crippen LogP contribution >= 0.6 is 12.6 Å². The third-order valence-electron chi connectivity index (χ3n) is 1.28. The molecule has 0 heterocycles. The summed E-state index contributed by atoms with van der Waals surface area (Å²) in [6.45, 7) is 2.53. The first-order chi connectivity index (χ1) is 5.83. The van der Waals surface area contributed by atoms with E-state index in [-0.39, 0.29) is 0 Å². The van der Waals surface area contributed by atoms with Gasteiger partial charge in [0.1, 0.15) is 0 Å². The molecule has 0 radical (unpaired) electrons. The van der Waals surface area contributed by atoms with Crippen molar-refractivity contribution >= 4 is 18.3 Å². The van der Waals surface area contributed by atoms with Gasteiger partial charge in [-0.2, -0.15) is 0 Å². The lowest BCUT2D eigenvalue weighted by Gasteiger charge is -2.06. The first-order valence-corrected chi connectivity index (χ1v) is 4.19. The average molecular weight is 184 g/mol. The van der Waals surface area contributed by atoms with E-state index in [0.717, 1.165) is 10.6 Å². The molecule has 0 atom stereocenters. The van der Waals surface area contributed by atoms with E-state index in [1.807, 2.05) is 31.2 Å². The Bertz CT molecular complexity index is 225. The molecule has 4 heteroatoms. The Morgan fingerprint density at radius 1 is 1.33 bits per heavy atom. The summed E-state index contributed by atoms with van der Waals surface area (Å²) in [5.41, 5.74) is 6.41. The second-order valence-electron chi connectivity index (χ2n) is 2.21. The Balaban J connectivity index is 2.37. The van der Waals surface area contributed by atoms with Crippen LogP contribution in [0.4, 0.5) is 5.69 Å². The number of nitrogens with one attached hydrogen (secondary N) is 2. The van der Waals surface area contributed by atoms with Gasteiger partial charge in [-0.25, -0.2) is 0 Å². The normalized spacial score (nSPS) is 9.83. The molecule has 0 spiro atoms. The van der Waals surface area contributed by atoms with Crippen molar-refractivity contribution in [1.82, 2.24) is 5.59 Å². The fourth-order valence-electron chi connectivity index (χ4n) is 0.712. The second-order valence-corrected chi connectivity index (χ2v) is 2.72. The summed E-state index contributed by atoms with van der Waals surface area (Å²) in [5, 5.41) is 0. The second kappa shape index (κ2) is 5.03. The van der Waals surface area contributed by atoms with Gasteiger partial charge in [-0.1, -0.05) is 0 Å². The third kappa shape index (κ3) is 3.13. The van der Waals surface area contributed by atoms with Gasteiger partial charge < -0.3 is 0 Å². The summed E-state index contributed by atoms with van der Waals surface area (Å²) < 4.78 is 0. The molecule has 0 aliphatic rings. The zero-order valence-electron chi connectivity index (χ0n) is 6.87. The molecule has 0 aromatic heterocycles. The number of hydrazine groups is 1. The zero-order valence-corrected chi connectivity index (χ0v) is 7.77. The molecule has 0 saturated heterocycles. The molecule has 0 bridgehead atoms. The lowest BCUT2D eigenvalue weighted by Crippen LogP contribution is -2.21. The smallest absolute Gasteiger partial charge is 0.0675 e. The van der Waals surface area contributed by atoms with Crippen molar-refractivity contribution in [2.45, 2.75) is 11.8 Å². The fourth-order valence-corrected chi connectivity index (χ4v) is 0.861. The van der Waals surface area contributed by atoms with E-state index in [0.29, 0.717) is 6.61 Å². The molecular formula is C8H12N2OS. The van der Waals surface area contributed by atoms with Crippen LogP contribution in [0.3, 0.4) is 0 Å². The van der Waals surface area contributed by atoms with Gasteiger partial charge in [0.15, 0.2) is 0 Å². The Kier molecular flexibility index (Phi) is 3.93. The maximum atomic E-state index is 4.89. The maximum Gasteiger partial charge on any atom is 0.0675 e. The molecule has 0 unspecified atom stereocenters. The predicted octanol–water partition coefficient (Wildman–Crippen LogP) is 1.84. The van der Waals surface area contributed by atoms with E-state index < -0.39 is 0 Å². The summed E-state index contributed by atoms with van der Waals surface area (Å²) >= 11 is 4.16. The monoisotopic (exact) mass is 184 g/mol. The number of hydrogen-bond donors (Lipinski definition) is 3. The van der Waals surface area contributed by atoms with Crippen molar-refractivity contribution in [3.8, 4) is 0 Å². The summed E-state index contributed by atoms with van der Waals surface area (Å²) in [6.07, 6.45) is 0. The van der Waals surface area contributed by atoms with Crippen molar-refractivity contribution in [3.05, 3.63) is 24.3 Å². The summed E-state index contributed by atoms with van der Waals surface area (Å²) in [4.78, 5) is 5.83. The molecule has 0 aliphatic carbocycles. The molecule has 66 valence electrons. The maximum absolute atomic E-state index is 4.89. The molecule has 1 aromatic rings. The number of thiol groups is 1. The van der Waals surface area contributed by atoms with E-state index in [1.54, 1.807) is 0 Å².